The van der Waals surface area contributed by atoms with Crippen molar-refractivity contribution >= 4 is 23.5 Å². The first-order chi connectivity index (χ1) is 13.4. The fourth-order valence-electron chi connectivity index (χ4n) is 3.45. The minimum Gasteiger partial charge on any atom is -0.486 e. The van der Waals surface area contributed by atoms with Gasteiger partial charge in [0.05, 0.1) is 24.2 Å². The van der Waals surface area contributed by atoms with E-state index in [-0.39, 0.29) is 23.4 Å². The number of halogens is 1. The van der Waals surface area contributed by atoms with Gasteiger partial charge < -0.3 is 14.8 Å². The molecule has 1 unspecified atom stereocenters. The molecule has 5 nitrogen and oxygen atoms in total. The molecule has 2 aliphatic rings. The number of carbonyl (C=O) groups is 2. The van der Waals surface area contributed by atoms with Crippen LogP contribution in [-0.2, 0) is 16.0 Å². The molecule has 2 aromatic rings. The van der Waals surface area contributed by atoms with Crippen LogP contribution >= 0.6 is 11.6 Å². The van der Waals surface area contributed by atoms with Crippen LogP contribution in [0.5, 0.6) is 5.75 Å². The number of ether oxygens (including phenoxy) is 2. The highest BCUT2D eigenvalue weighted by Crippen LogP contribution is 2.45. The van der Waals surface area contributed by atoms with E-state index in [0.29, 0.717) is 29.3 Å². The molecule has 1 N–H and O–H groups in total. The van der Waals surface area contributed by atoms with Crippen LogP contribution in [0.4, 0.5) is 0 Å². The van der Waals surface area contributed by atoms with Crippen LogP contribution in [0.15, 0.2) is 36.4 Å². The van der Waals surface area contributed by atoms with Gasteiger partial charge in [0.25, 0.3) is 0 Å². The van der Waals surface area contributed by atoms with E-state index in [1.54, 1.807) is 12.1 Å². The zero-order valence-corrected chi connectivity index (χ0v) is 16.6. The Morgan fingerprint density at radius 1 is 1.25 bits per heavy atom. The molecular weight excluding hydrogens is 378 g/mol. The predicted octanol–water partition coefficient (Wildman–Crippen LogP) is 4.01. The van der Waals surface area contributed by atoms with Crippen LogP contribution in [0.1, 0.15) is 35.7 Å². The Kier molecular flexibility index (Phi) is 4.79. The average Bonchev–Trinajstić information content (AvgIpc) is 3.31. The normalized spacial score (nSPS) is 18.8. The first kappa shape index (κ1) is 18.8. The Bertz CT molecular complexity index is 952. The fraction of sp³-hybridized carbons (Fsp3) is 0.364. The summed E-state index contributed by atoms with van der Waals surface area (Å²) in [6.07, 6.45) is 2.45. The number of carbonyl (C=O) groups excluding carboxylic acids is 2. The summed E-state index contributed by atoms with van der Waals surface area (Å²) in [6.45, 7) is 2.45. The van der Waals surface area contributed by atoms with E-state index in [4.69, 9.17) is 21.1 Å². The summed E-state index contributed by atoms with van der Waals surface area (Å²) in [4.78, 5) is 23.9. The number of fused-ring (bicyclic) bond motifs is 1. The van der Waals surface area contributed by atoms with Gasteiger partial charge in [-0.3, -0.25) is 4.79 Å². The Hall–Kier alpha value is -2.53. The highest BCUT2D eigenvalue weighted by atomic mass is 35.5. The molecule has 1 saturated carbocycles. The molecule has 2 aromatic carbocycles. The van der Waals surface area contributed by atoms with Crippen molar-refractivity contribution in [2.24, 2.45) is 5.41 Å². The summed E-state index contributed by atoms with van der Waals surface area (Å²) in [5.41, 5.74) is 3.09. The smallest absolute Gasteiger partial charge is 0.337 e. The van der Waals surface area contributed by atoms with Gasteiger partial charge in [0.15, 0.2) is 0 Å². The largest absolute Gasteiger partial charge is 0.486 e. The first-order valence-electron chi connectivity index (χ1n) is 9.36. The number of hydrogen-bond acceptors (Lipinski definition) is 4. The maximum atomic E-state index is 12.1. The molecule has 28 heavy (non-hydrogen) atoms. The van der Waals surface area contributed by atoms with E-state index >= 15 is 0 Å². The third kappa shape index (κ3) is 3.59. The third-order valence-electron chi connectivity index (χ3n) is 5.51. The molecule has 0 radical (unpaired) electrons. The molecule has 0 spiro atoms. The summed E-state index contributed by atoms with van der Waals surface area (Å²) in [6, 6.07) is 11.1. The second kappa shape index (κ2) is 7.13. The minimum atomic E-state index is -0.377. The Morgan fingerprint density at radius 3 is 2.75 bits per heavy atom. The second-order valence-corrected chi connectivity index (χ2v) is 8.14. The lowest BCUT2D eigenvalue weighted by atomic mass is 9.99. The summed E-state index contributed by atoms with van der Waals surface area (Å²) in [7, 11) is 1.36. The maximum Gasteiger partial charge on any atom is 0.337 e. The number of esters is 1. The zero-order valence-electron chi connectivity index (χ0n) is 15.9. The summed E-state index contributed by atoms with van der Waals surface area (Å²) in [5.74, 6) is 0.391. The van der Waals surface area contributed by atoms with Gasteiger partial charge in [-0.1, -0.05) is 30.7 Å². The van der Waals surface area contributed by atoms with Gasteiger partial charge in [-0.05, 0) is 48.2 Å². The number of benzene rings is 2. The number of rotatable bonds is 5. The summed E-state index contributed by atoms with van der Waals surface area (Å²) in [5, 5.41) is 3.52. The topological polar surface area (TPSA) is 64.6 Å². The number of nitrogens with one attached hydrogen (secondary N) is 1. The molecular formula is C22H22ClNO4. The van der Waals surface area contributed by atoms with Gasteiger partial charge in [-0.2, -0.15) is 0 Å². The van der Waals surface area contributed by atoms with Crippen molar-refractivity contribution in [2.45, 2.75) is 32.3 Å². The van der Waals surface area contributed by atoms with Gasteiger partial charge in [-0.15, -0.1) is 0 Å². The molecule has 1 aliphatic heterocycles. The van der Waals surface area contributed by atoms with Crippen molar-refractivity contribution in [1.29, 1.82) is 0 Å². The van der Waals surface area contributed by atoms with E-state index in [2.05, 4.69) is 5.32 Å². The number of amides is 1. The van der Waals surface area contributed by atoms with Crippen molar-refractivity contribution in [2.75, 3.05) is 13.7 Å². The minimum absolute atomic E-state index is 0.0958. The van der Waals surface area contributed by atoms with Crippen LogP contribution in [0.3, 0.4) is 0 Å². The molecule has 146 valence electrons. The molecule has 1 aliphatic carbocycles. The Balaban J connectivity index is 1.51. The SMILES string of the molecule is COC(=O)c1cccc(-c2cc(Cl)c3c(c2)CC(CNC(=O)C2(C)CC2)O3)c1. The average molecular weight is 400 g/mol. The molecule has 4 rings (SSSR count). The van der Waals surface area contributed by atoms with Crippen molar-refractivity contribution in [1.82, 2.24) is 5.32 Å². The fourth-order valence-corrected chi connectivity index (χ4v) is 3.73. The monoisotopic (exact) mass is 399 g/mol. The Labute approximate surface area is 169 Å². The van der Waals surface area contributed by atoms with Gasteiger partial charge in [0.2, 0.25) is 5.91 Å². The van der Waals surface area contributed by atoms with E-state index in [0.717, 1.165) is 29.5 Å². The van der Waals surface area contributed by atoms with Crippen molar-refractivity contribution in [3.63, 3.8) is 0 Å². The van der Waals surface area contributed by atoms with E-state index in [1.807, 2.05) is 31.2 Å². The highest BCUT2D eigenvalue weighted by molar-refractivity contribution is 6.32. The molecule has 1 fully saturated rings. The molecule has 0 saturated heterocycles. The standard InChI is InChI=1S/C22H22ClNO4/c1-22(6-7-22)21(26)24-12-17-10-16-9-15(11-18(23)19(16)28-17)13-4-3-5-14(8-13)20(25)27-2/h3-5,8-9,11,17H,6-7,10,12H2,1-2H3,(H,24,26). The van der Waals surface area contributed by atoms with Crippen molar-refractivity contribution < 1.29 is 19.1 Å². The second-order valence-electron chi connectivity index (χ2n) is 7.73. The maximum absolute atomic E-state index is 12.1. The molecule has 0 bridgehead atoms. The van der Waals surface area contributed by atoms with Crippen LogP contribution < -0.4 is 10.1 Å². The lowest BCUT2D eigenvalue weighted by Gasteiger charge is -2.14. The number of hydrogen-bond donors (Lipinski definition) is 1. The third-order valence-corrected chi connectivity index (χ3v) is 5.79. The van der Waals surface area contributed by atoms with Gasteiger partial charge in [-0.25, -0.2) is 4.79 Å². The van der Waals surface area contributed by atoms with Crippen LogP contribution in [0.2, 0.25) is 5.02 Å². The van der Waals surface area contributed by atoms with E-state index in [1.165, 1.54) is 7.11 Å². The van der Waals surface area contributed by atoms with Crippen LogP contribution in [0.25, 0.3) is 11.1 Å². The zero-order chi connectivity index (χ0) is 19.9. The lowest BCUT2D eigenvalue weighted by Crippen LogP contribution is -2.38. The molecule has 6 heteroatoms. The van der Waals surface area contributed by atoms with Crippen LogP contribution in [-0.4, -0.2) is 31.6 Å². The summed E-state index contributed by atoms with van der Waals surface area (Å²) < 4.78 is 10.8. The van der Waals surface area contributed by atoms with Gasteiger partial charge in [0, 0.05) is 17.4 Å². The summed E-state index contributed by atoms with van der Waals surface area (Å²) >= 11 is 6.46. The van der Waals surface area contributed by atoms with Crippen LogP contribution in [0, 0.1) is 5.41 Å². The molecule has 0 aromatic heterocycles. The quantitative estimate of drug-likeness (QED) is 0.771. The Morgan fingerprint density at radius 2 is 2.04 bits per heavy atom. The number of methoxy groups -OCH3 is 1. The van der Waals surface area contributed by atoms with E-state index < -0.39 is 0 Å². The lowest BCUT2D eigenvalue weighted by molar-refractivity contribution is -0.126. The van der Waals surface area contributed by atoms with Gasteiger partial charge in [0.1, 0.15) is 11.9 Å². The van der Waals surface area contributed by atoms with E-state index in [9.17, 15) is 9.59 Å². The first-order valence-corrected chi connectivity index (χ1v) is 9.73. The molecule has 1 atom stereocenters. The predicted molar refractivity (Wildman–Crippen MR) is 107 cm³/mol. The van der Waals surface area contributed by atoms with Crippen molar-refractivity contribution in [3.05, 3.63) is 52.5 Å². The van der Waals surface area contributed by atoms with Crippen molar-refractivity contribution in [3.8, 4) is 16.9 Å². The molecule has 1 amide bonds. The van der Waals surface area contributed by atoms with Gasteiger partial charge >= 0.3 is 5.97 Å². The highest BCUT2D eigenvalue weighted by Gasteiger charge is 2.45. The molecule has 1 heterocycles.